The first-order chi connectivity index (χ1) is 12.1. The third kappa shape index (κ3) is 4.05. The number of anilines is 2. The fourth-order valence-corrected chi connectivity index (χ4v) is 3.81. The van der Waals surface area contributed by atoms with Gasteiger partial charge in [-0.3, -0.25) is 14.9 Å². The minimum Gasteiger partial charge on any atom is -0.379 e. The third-order valence-electron chi connectivity index (χ3n) is 3.84. The number of benzene rings is 2. The zero-order valence-electron chi connectivity index (χ0n) is 13.3. The number of halogens is 1. The first-order valence-corrected chi connectivity index (χ1v) is 9.12. The summed E-state index contributed by atoms with van der Waals surface area (Å²) in [5.74, 6) is 0.799. The van der Waals surface area contributed by atoms with Gasteiger partial charge in [-0.1, -0.05) is 23.7 Å². The fourth-order valence-electron chi connectivity index (χ4n) is 2.67. The molecule has 1 aliphatic heterocycles. The van der Waals surface area contributed by atoms with Crippen molar-refractivity contribution in [1.29, 1.82) is 0 Å². The van der Waals surface area contributed by atoms with E-state index in [0.29, 0.717) is 23.8 Å². The molecule has 0 saturated carbocycles. The zero-order valence-corrected chi connectivity index (χ0v) is 14.8. The van der Waals surface area contributed by atoms with E-state index in [0.717, 1.165) is 16.3 Å². The second-order valence-electron chi connectivity index (χ2n) is 5.46. The number of nitrogens with zero attached hydrogens (tertiary/aromatic N) is 2. The molecule has 8 heteroatoms. The van der Waals surface area contributed by atoms with Gasteiger partial charge in [-0.25, -0.2) is 0 Å². The van der Waals surface area contributed by atoms with Crippen molar-refractivity contribution in [1.82, 2.24) is 0 Å². The number of hydrogen-bond donors (Lipinski definition) is 1. The van der Waals surface area contributed by atoms with E-state index in [-0.39, 0.29) is 18.0 Å². The van der Waals surface area contributed by atoms with Crippen molar-refractivity contribution in [3.63, 3.8) is 0 Å². The highest BCUT2D eigenvalue weighted by Crippen LogP contribution is 2.36. The molecule has 0 bridgehead atoms. The second kappa shape index (κ2) is 7.76. The summed E-state index contributed by atoms with van der Waals surface area (Å²) in [5.41, 5.74) is 1.25. The molecule has 0 atom stereocenters. The summed E-state index contributed by atoms with van der Waals surface area (Å²) in [6.07, 6.45) is 0.239. The second-order valence-corrected chi connectivity index (χ2v) is 7.03. The quantitative estimate of drug-likeness (QED) is 0.624. The molecule has 1 aliphatic rings. The van der Waals surface area contributed by atoms with Crippen molar-refractivity contribution < 1.29 is 9.72 Å². The first-order valence-electron chi connectivity index (χ1n) is 7.76. The van der Waals surface area contributed by atoms with Crippen LogP contribution in [0.25, 0.3) is 0 Å². The van der Waals surface area contributed by atoms with Crippen LogP contribution in [0, 0.1) is 10.1 Å². The summed E-state index contributed by atoms with van der Waals surface area (Å²) in [5, 5.41) is 14.6. The molecule has 0 saturated heterocycles. The lowest BCUT2D eigenvalue weighted by Crippen LogP contribution is -2.36. The number of carbonyl (C=O) groups excluding carboxylic acids is 1. The van der Waals surface area contributed by atoms with Gasteiger partial charge in [0.2, 0.25) is 5.91 Å². The number of nitro benzene ring substituents is 1. The Bertz CT molecular complexity index is 815. The monoisotopic (exact) mass is 377 g/mol. The van der Waals surface area contributed by atoms with E-state index in [1.165, 1.54) is 6.07 Å². The molecular weight excluding hydrogens is 362 g/mol. The number of fused-ring (bicyclic) bond motifs is 1. The number of nitro groups is 1. The molecule has 2 aromatic carbocycles. The lowest BCUT2D eigenvalue weighted by molar-refractivity contribution is -0.384. The molecule has 1 heterocycles. The van der Waals surface area contributed by atoms with Crippen LogP contribution in [0.5, 0.6) is 0 Å². The van der Waals surface area contributed by atoms with Crippen LogP contribution in [0.3, 0.4) is 0 Å². The van der Waals surface area contributed by atoms with E-state index in [2.05, 4.69) is 5.32 Å². The number of amides is 1. The zero-order chi connectivity index (χ0) is 17.8. The summed E-state index contributed by atoms with van der Waals surface area (Å²) in [4.78, 5) is 25.9. The van der Waals surface area contributed by atoms with Gasteiger partial charge in [-0.2, -0.15) is 0 Å². The molecule has 3 rings (SSSR count). The van der Waals surface area contributed by atoms with Crippen molar-refractivity contribution >= 4 is 46.3 Å². The van der Waals surface area contributed by atoms with Crippen LogP contribution < -0.4 is 10.2 Å². The van der Waals surface area contributed by atoms with Crippen molar-refractivity contribution in [3.05, 3.63) is 57.6 Å². The van der Waals surface area contributed by atoms with Gasteiger partial charge in [0.15, 0.2) is 0 Å². The standard InChI is InChI=1S/C17H16ClN3O3S/c18-12-5-6-16-15(11-12)20(9-10-25-16)17(22)7-8-19-13-3-1-2-4-14(13)21(23)24/h1-6,11,19H,7-10H2. The summed E-state index contributed by atoms with van der Waals surface area (Å²) >= 11 is 7.76. The smallest absolute Gasteiger partial charge is 0.292 e. The van der Waals surface area contributed by atoms with E-state index < -0.39 is 4.92 Å². The summed E-state index contributed by atoms with van der Waals surface area (Å²) in [6, 6.07) is 11.9. The highest BCUT2D eigenvalue weighted by molar-refractivity contribution is 7.99. The van der Waals surface area contributed by atoms with Gasteiger partial charge >= 0.3 is 0 Å². The number of rotatable bonds is 5. The van der Waals surface area contributed by atoms with Gasteiger partial charge in [0.05, 0.1) is 10.6 Å². The van der Waals surface area contributed by atoms with Gasteiger partial charge in [-0.15, -0.1) is 11.8 Å². The van der Waals surface area contributed by atoms with Crippen LogP contribution in [0.4, 0.5) is 17.1 Å². The van der Waals surface area contributed by atoms with E-state index in [9.17, 15) is 14.9 Å². The predicted octanol–water partition coefficient (Wildman–Crippen LogP) is 4.19. The van der Waals surface area contributed by atoms with E-state index in [4.69, 9.17) is 11.6 Å². The predicted molar refractivity (Wildman–Crippen MR) is 101 cm³/mol. The Balaban J connectivity index is 1.65. The molecular formula is C17H16ClN3O3S. The maximum absolute atomic E-state index is 12.6. The van der Waals surface area contributed by atoms with Crippen LogP contribution in [-0.2, 0) is 4.79 Å². The minimum absolute atomic E-state index is 0.00134. The number of thioether (sulfide) groups is 1. The van der Waals surface area contributed by atoms with Crippen LogP contribution >= 0.6 is 23.4 Å². The first kappa shape index (κ1) is 17.6. The molecule has 0 radical (unpaired) electrons. The van der Waals surface area contributed by atoms with Crippen molar-refractivity contribution in [2.45, 2.75) is 11.3 Å². The van der Waals surface area contributed by atoms with Gasteiger partial charge in [0, 0.05) is 41.2 Å². The normalized spacial score (nSPS) is 13.2. The van der Waals surface area contributed by atoms with Crippen LogP contribution in [0.15, 0.2) is 47.4 Å². The third-order valence-corrected chi connectivity index (χ3v) is 5.12. The molecule has 2 aromatic rings. The molecule has 25 heavy (non-hydrogen) atoms. The van der Waals surface area contributed by atoms with Crippen molar-refractivity contribution in [2.24, 2.45) is 0 Å². The topological polar surface area (TPSA) is 75.5 Å². The highest BCUT2D eigenvalue weighted by Gasteiger charge is 2.23. The largest absolute Gasteiger partial charge is 0.379 e. The number of hydrogen-bond acceptors (Lipinski definition) is 5. The van der Waals surface area contributed by atoms with Crippen LogP contribution in [0.1, 0.15) is 6.42 Å². The molecule has 6 nitrogen and oxygen atoms in total. The summed E-state index contributed by atoms with van der Waals surface area (Å²) < 4.78 is 0. The molecule has 0 aromatic heterocycles. The highest BCUT2D eigenvalue weighted by atomic mass is 35.5. The summed E-state index contributed by atoms with van der Waals surface area (Å²) in [6.45, 7) is 0.950. The SMILES string of the molecule is O=C(CCNc1ccccc1[N+](=O)[O-])N1CCSc2ccc(Cl)cc21. The minimum atomic E-state index is -0.440. The Morgan fingerprint density at radius 1 is 1.32 bits per heavy atom. The lowest BCUT2D eigenvalue weighted by atomic mass is 10.2. The average molecular weight is 378 g/mol. The lowest BCUT2D eigenvalue weighted by Gasteiger charge is -2.29. The summed E-state index contributed by atoms with van der Waals surface area (Å²) in [7, 11) is 0. The number of nitrogens with one attached hydrogen (secondary N) is 1. The van der Waals surface area contributed by atoms with Gasteiger partial charge < -0.3 is 10.2 Å². The maximum Gasteiger partial charge on any atom is 0.292 e. The number of para-hydroxylation sites is 2. The molecule has 1 amide bonds. The Morgan fingerprint density at radius 3 is 2.92 bits per heavy atom. The van der Waals surface area contributed by atoms with Crippen molar-refractivity contribution in [3.8, 4) is 0 Å². The van der Waals surface area contributed by atoms with Gasteiger partial charge in [0.25, 0.3) is 5.69 Å². The van der Waals surface area contributed by atoms with Crippen LogP contribution in [-0.4, -0.2) is 29.7 Å². The average Bonchev–Trinajstić information content (AvgIpc) is 2.61. The molecule has 0 spiro atoms. The Hall–Kier alpha value is -2.25. The van der Waals surface area contributed by atoms with E-state index in [1.54, 1.807) is 40.9 Å². The fraction of sp³-hybridized carbons (Fsp3) is 0.235. The Labute approximate surface area is 154 Å². The Morgan fingerprint density at radius 2 is 2.12 bits per heavy atom. The maximum atomic E-state index is 12.6. The molecule has 130 valence electrons. The Kier molecular flexibility index (Phi) is 5.45. The van der Waals surface area contributed by atoms with Gasteiger partial charge in [-0.05, 0) is 24.3 Å². The molecule has 0 fully saturated rings. The number of carbonyl (C=O) groups is 1. The molecule has 0 aliphatic carbocycles. The molecule has 1 N–H and O–H groups in total. The van der Waals surface area contributed by atoms with Gasteiger partial charge in [0.1, 0.15) is 5.69 Å². The van der Waals surface area contributed by atoms with Crippen LogP contribution in [0.2, 0.25) is 5.02 Å². The van der Waals surface area contributed by atoms with Crippen molar-refractivity contribution in [2.75, 3.05) is 29.1 Å². The van der Waals surface area contributed by atoms with E-state index >= 15 is 0 Å². The molecule has 0 unspecified atom stereocenters. The van der Waals surface area contributed by atoms with E-state index in [1.807, 2.05) is 12.1 Å².